The lowest BCUT2D eigenvalue weighted by Crippen LogP contribution is -2.19. The smallest absolute Gasteiger partial charge is 0.422 e. The zero-order chi connectivity index (χ0) is 11.6. The SMILES string of the molecule is FC(F)(F)COc1cc(I)c(Br)cc1Cl. The number of benzene rings is 1. The summed E-state index contributed by atoms with van der Waals surface area (Å²) in [6, 6.07) is 2.94. The van der Waals surface area contributed by atoms with E-state index in [0.717, 1.165) is 3.57 Å². The van der Waals surface area contributed by atoms with Crippen LogP contribution >= 0.6 is 50.1 Å². The Morgan fingerprint density at radius 3 is 2.53 bits per heavy atom. The molecule has 1 nitrogen and oxygen atoms in total. The van der Waals surface area contributed by atoms with Crippen LogP contribution in [0.4, 0.5) is 13.2 Å². The van der Waals surface area contributed by atoms with Gasteiger partial charge in [-0.25, -0.2) is 0 Å². The molecule has 0 radical (unpaired) electrons. The Hall–Kier alpha value is 0.310. The van der Waals surface area contributed by atoms with E-state index in [9.17, 15) is 13.2 Å². The molecule has 84 valence electrons. The third-order valence-corrected chi connectivity index (χ3v) is 3.95. The molecule has 0 aromatic heterocycles. The van der Waals surface area contributed by atoms with Gasteiger partial charge in [-0.15, -0.1) is 0 Å². The molecule has 0 atom stereocenters. The van der Waals surface area contributed by atoms with Crippen LogP contribution in [0, 0.1) is 3.57 Å². The Balaban J connectivity index is 2.82. The average Bonchev–Trinajstić information content (AvgIpc) is 2.07. The van der Waals surface area contributed by atoms with E-state index in [4.69, 9.17) is 11.6 Å². The Bertz CT molecular complexity index is 370. The van der Waals surface area contributed by atoms with E-state index in [2.05, 4.69) is 20.7 Å². The molecule has 15 heavy (non-hydrogen) atoms. The molecule has 0 unspecified atom stereocenters. The normalized spacial score (nSPS) is 11.6. The maximum absolute atomic E-state index is 11.9. The van der Waals surface area contributed by atoms with Crippen molar-refractivity contribution in [3.63, 3.8) is 0 Å². The molecule has 1 rings (SSSR count). The lowest BCUT2D eigenvalue weighted by molar-refractivity contribution is -0.153. The molecule has 0 heterocycles. The number of halogens is 6. The summed E-state index contributed by atoms with van der Waals surface area (Å²) in [5.74, 6) is 0.0293. The molecular formula is C8H4BrClF3IO. The Morgan fingerprint density at radius 1 is 1.40 bits per heavy atom. The highest BCUT2D eigenvalue weighted by Crippen LogP contribution is 2.32. The lowest BCUT2D eigenvalue weighted by atomic mass is 10.3. The number of ether oxygens (including phenoxy) is 1. The summed E-state index contributed by atoms with van der Waals surface area (Å²) in [5, 5.41) is 0.145. The molecular weight excluding hydrogens is 411 g/mol. The predicted molar refractivity (Wildman–Crippen MR) is 63.4 cm³/mol. The minimum atomic E-state index is -4.36. The van der Waals surface area contributed by atoms with Crippen molar-refractivity contribution in [1.29, 1.82) is 0 Å². The molecule has 7 heteroatoms. The van der Waals surface area contributed by atoms with Gasteiger partial charge in [0, 0.05) is 8.04 Å². The van der Waals surface area contributed by atoms with E-state index in [1.54, 1.807) is 0 Å². The highest BCUT2D eigenvalue weighted by Gasteiger charge is 2.28. The van der Waals surface area contributed by atoms with Crippen LogP contribution in [0.1, 0.15) is 0 Å². The number of hydrogen-bond donors (Lipinski definition) is 0. The van der Waals surface area contributed by atoms with E-state index in [1.165, 1.54) is 12.1 Å². The van der Waals surface area contributed by atoms with E-state index < -0.39 is 12.8 Å². The summed E-state index contributed by atoms with van der Waals surface area (Å²) in [7, 11) is 0. The first kappa shape index (κ1) is 13.4. The maximum Gasteiger partial charge on any atom is 0.422 e. The van der Waals surface area contributed by atoms with E-state index >= 15 is 0 Å². The number of alkyl halides is 3. The van der Waals surface area contributed by atoms with Crippen molar-refractivity contribution < 1.29 is 17.9 Å². The molecule has 0 aliphatic rings. The molecule has 1 aromatic carbocycles. The average molecular weight is 415 g/mol. The van der Waals surface area contributed by atoms with Gasteiger partial charge in [-0.1, -0.05) is 11.6 Å². The van der Waals surface area contributed by atoms with Gasteiger partial charge in [-0.3, -0.25) is 0 Å². The van der Waals surface area contributed by atoms with Crippen molar-refractivity contribution >= 4 is 50.1 Å². The van der Waals surface area contributed by atoms with E-state index in [1.807, 2.05) is 22.6 Å². The van der Waals surface area contributed by atoms with Crippen molar-refractivity contribution in [3.8, 4) is 5.75 Å². The van der Waals surface area contributed by atoms with Crippen LogP contribution < -0.4 is 4.74 Å². The summed E-state index contributed by atoms with van der Waals surface area (Å²) < 4.78 is 41.6. The maximum atomic E-state index is 11.9. The van der Waals surface area contributed by atoms with Gasteiger partial charge in [0.25, 0.3) is 0 Å². The first-order chi connectivity index (χ1) is 6.79. The second-order valence-corrected chi connectivity index (χ2v) is 5.02. The third kappa shape index (κ3) is 4.36. The zero-order valence-corrected chi connectivity index (χ0v) is 11.5. The van der Waals surface area contributed by atoms with Gasteiger partial charge < -0.3 is 4.74 Å². The molecule has 0 N–H and O–H groups in total. The standard InChI is InChI=1S/C8H4BrClF3IO/c9-4-1-5(10)7(2-6(4)14)15-3-8(11,12)13/h1-2H,3H2. The number of hydrogen-bond acceptors (Lipinski definition) is 1. The van der Waals surface area contributed by atoms with E-state index in [0.29, 0.717) is 4.47 Å². The van der Waals surface area contributed by atoms with Crippen LogP contribution in [0.15, 0.2) is 16.6 Å². The van der Waals surface area contributed by atoms with Crippen LogP contribution in [0.2, 0.25) is 5.02 Å². The zero-order valence-electron chi connectivity index (χ0n) is 7.04. The fourth-order valence-corrected chi connectivity index (χ4v) is 1.91. The molecule has 0 amide bonds. The lowest BCUT2D eigenvalue weighted by Gasteiger charge is -2.11. The summed E-state index contributed by atoms with van der Waals surface area (Å²) in [6.45, 7) is -1.34. The van der Waals surface area contributed by atoms with Gasteiger partial charge in [0.05, 0.1) is 5.02 Å². The fourth-order valence-electron chi connectivity index (χ4n) is 0.775. The molecule has 0 aliphatic heterocycles. The van der Waals surface area contributed by atoms with Crippen LogP contribution in [0.5, 0.6) is 5.75 Å². The molecule has 0 aliphatic carbocycles. The summed E-state index contributed by atoms with van der Waals surface area (Å²) in [4.78, 5) is 0. The van der Waals surface area contributed by atoms with Crippen molar-refractivity contribution in [2.45, 2.75) is 6.18 Å². The van der Waals surface area contributed by atoms with Crippen LogP contribution in [-0.2, 0) is 0 Å². The van der Waals surface area contributed by atoms with Crippen LogP contribution in [-0.4, -0.2) is 12.8 Å². The predicted octanol–water partition coefficient (Wildman–Crippen LogP) is 4.65. The van der Waals surface area contributed by atoms with Crippen LogP contribution in [0.25, 0.3) is 0 Å². The molecule has 0 saturated carbocycles. The van der Waals surface area contributed by atoms with Crippen molar-refractivity contribution in [1.82, 2.24) is 0 Å². The Kier molecular flexibility index (Phi) is 4.54. The van der Waals surface area contributed by atoms with Crippen molar-refractivity contribution in [2.24, 2.45) is 0 Å². The van der Waals surface area contributed by atoms with Gasteiger partial charge in [0.15, 0.2) is 6.61 Å². The topological polar surface area (TPSA) is 9.23 Å². The van der Waals surface area contributed by atoms with E-state index in [-0.39, 0.29) is 10.8 Å². The minimum Gasteiger partial charge on any atom is -0.483 e. The van der Waals surface area contributed by atoms with Gasteiger partial charge in [-0.2, -0.15) is 13.2 Å². The van der Waals surface area contributed by atoms with Gasteiger partial charge in [0.1, 0.15) is 5.75 Å². The summed E-state index contributed by atoms with van der Waals surface area (Å²) in [6.07, 6.45) is -4.36. The summed E-state index contributed by atoms with van der Waals surface area (Å²) >= 11 is 10.9. The van der Waals surface area contributed by atoms with Gasteiger partial charge in [-0.05, 0) is 50.7 Å². The highest BCUT2D eigenvalue weighted by atomic mass is 127. The molecule has 1 aromatic rings. The molecule has 0 saturated heterocycles. The summed E-state index contributed by atoms with van der Waals surface area (Å²) in [5.41, 5.74) is 0. The second kappa shape index (κ2) is 5.09. The minimum absolute atomic E-state index is 0.0293. The van der Waals surface area contributed by atoms with Gasteiger partial charge >= 0.3 is 6.18 Å². The van der Waals surface area contributed by atoms with Gasteiger partial charge in [0.2, 0.25) is 0 Å². The first-order valence-corrected chi connectivity index (χ1v) is 5.88. The largest absolute Gasteiger partial charge is 0.483 e. The Labute approximate surface area is 111 Å². The molecule has 0 fully saturated rings. The molecule has 0 bridgehead atoms. The fraction of sp³-hybridized carbons (Fsp3) is 0.250. The van der Waals surface area contributed by atoms with Crippen molar-refractivity contribution in [3.05, 3.63) is 25.2 Å². The monoisotopic (exact) mass is 414 g/mol. The molecule has 0 spiro atoms. The Morgan fingerprint density at radius 2 is 2.00 bits per heavy atom. The first-order valence-electron chi connectivity index (χ1n) is 3.63. The quantitative estimate of drug-likeness (QED) is 0.505. The second-order valence-electron chi connectivity index (χ2n) is 2.60. The number of rotatable bonds is 2. The van der Waals surface area contributed by atoms with Crippen molar-refractivity contribution in [2.75, 3.05) is 6.61 Å². The van der Waals surface area contributed by atoms with Crippen LogP contribution in [0.3, 0.4) is 0 Å². The highest BCUT2D eigenvalue weighted by molar-refractivity contribution is 14.1. The third-order valence-electron chi connectivity index (χ3n) is 1.37.